The van der Waals surface area contributed by atoms with E-state index in [0.29, 0.717) is 24.2 Å². The van der Waals surface area contributed by atoms with Crippen LogP contribution >= 0.6 is 34.9 Å². The molecule has 3 aliphatic rings. The van der Waals surface area contributed by atoms with E-state index in [1.165, 1.54) is 10.1 Å². The molecule has 0 spiro atoms. The average molecular weight is 686 g/mol. The van der Waals surface area contributed by atoms with Crippen molar-refractivity contribution >= 4 is 69.4 Å². The van der Waals surface area contributed by atoms with E-state index >= 15 is 0 Å². The summed E-state index contributed by atoms with van der Waals surface area (Å²) in [6.45, 7) is 0.0433. The lowest BCUT2D eigenvalue weighted by Crippen LogP contribution is -2.58. The largest absolute Gasteiger partial charge is 0.477 e. The Morgan fingerprint density at radius 3 is 2.71 bits per heavy atom. The Morgan fingerprint density at radius 2 is 2.04 bits per heavy atom. The molecular formula is C24H22F3N9O6S3. The number of thioether (sulfide) groups is 2. The number of carbonyl (C=O) groups excluding carboxylic acids is 3. The number of rotatable bonds is 11. The third-order valence-electron chi connectivity index (χ3n) is 6.66. The van der Waals surface area contributed by atoms with Gasteiger partial charge in [-0.2, -0.15) is 13.2 Å². The van der Waals surface area contributed by atoms with E-state index in [1.54, 1.807) is 5.32 Å². The van der Waals surface area contributed by atoms with Crippen LogP contribution in [0.15, 0.2) is 27.0 Å². The van der Waals surface area contributed by atoms with Gasteiger partial charge in [0.1, 0.15) is 29.4 Å². The van der Waals surface area contributed by atoms with Crippen LogP contribution in [-0.2, 0) is 30.6 Å². The van der Waals surface area contributed by atoms with Crippen molar-refractivity contribution in [3.63, 3.8) is 0 Å². The predicted molar refractivity (Wildman–Crippen MR) is 153 cm³/mol. The number of oxime groups is 1. The van der Waals surface area contributed by atoms with Crippen LogP contribution in [0.25, 0.3) is 0 Å². The molecule has 2 fully saturated rings. The summed E-state index contributed by atoms with van der Waals surface area (Å²) >= 11 is 2.79. The van der Waals surface area contributed by atoms with Gasteiger partial charge in [-0.3, -0.25) is 24.6 Å². The summed E-state index contributed by atoms with van der Waals surface area (Å²) in [7, 11) is 0. The lowest BCUT2D eigenvalue weighted by molar-refractivity contribution is -0.167. The van der Waals surface area contributed by atoms with Crippen molar-refractivity contribution < 1.29 is 42.3 Å². The van der Waals surface area contributed by atoms with Crippen molar-refractivity contribution in [2.75, 3.05) is 11.1 Å². The molecule has 2 atom stereocenters. The van der Waals surface area contributed by atoms with Crippen LogP contribution in [-0.4, -0.2) is 93.4 Å². The quantitative estimate of drug-likeness (QED) is 0.102. The molecule has 2 aliphatic heterocycles. The molecule has 3 amide bonds. The van der Waals surface area contributed by atoms with Gasteiger partial charge in [0.05, 0.1) is 11.8 Å². The molecule has 0 radical (unpaired) electrons. The van der Waals surface area contributed by atoms with Crippen LogP contribution in [0, 0.1) is 12.3 Å². The molecule has 3 N–H and O–H groups in total. The van der Waals surface area contributed by atoms with Crippen molar-refractivity contribution in [2.24, 2.45) is 5.16 Å². The Labute approximate surface area is 264 Å². The molecule has 238 valence electrons. The maximum atomic E-state index is 13.7. The van der Waals surface area contributed by atoms with Crippen molar-refractivity contribution in [1.29, 1.82) is 0 Å². The van der Waals surface area contributed by atoms with E-state index in [2.05, 4.69) is 36.9 Å². The van der Waals surface area contributed by atoms with Crippen molar-refractivity contribution in [1.82, 2.24) is 35.4 Å². The Hall–Kier alpha value is -4.16. The zero-order valence-electron chi connectivity index (χ0n) is 22.8. The number of tetrazole rings is 1. The number of anilines is 1. The van der Waals surface area contributed by atoms with E-state index in [9.17, 15) is 37.5 Å². The number of nitrogens with one attached hydrogen (secondary N) is 2. The molecule has 1 aliphatic carbocycles. The summed E-state index contributed by atoms with van der Waals surface area (Å²) in [4.78, 5) is 60.6. The van der Waals surface area contributed by atoms with Gasteiger partial charge in [-0.1, -0.05) is 22.8 Å². The van der Waals surface area contributed by atoms with E-state index in [1.807, 2.05) is 0 Å². The van der Waals surface area contributed by atoms with E-state index in [4.69, 9.17) is 11.3 Å². The zero-order chi connectivity index (χ0) is 32.3. The van der Waals surface area contributed by atoms with Gasteiger partial charge in [0.15, 0.2) is 10.8 Å². The number of alkyl halides is 3. The number of halogens is 3. The summed E-state index contributed by atoms with van der Waals surface area (Å²) in [6.07, 6.45) is 3.06. The molecular weight excluding hydrogens is 664 g/mol. The van der Waals surface area contributed by atoms with Gasteiger partial charge in [-0.25, -0.2) is 14.5 Å². The number of hydrogen-bond acceptors (Lipinski definition) is 13. The monoisotopic (exact) mass is 685 g/mol. The molecule has 4 heterocycles. The molecule has 0 aromatic carbocycles. The van der Waals surface area contributed by atoms with Crippen LogP contribution in [0.4, 0.5) is 18.3 Å². The molecule has 45 heavy (non-hydrogen) atoms. The highest BCUT2D eigenvalue weighted by Crippen LogP contribution is 2.44. The Balaban J connectivity index is 1.43. The summed E-state index contributed by atoms with van der Waals surface area (Å²) in [6, 6.07) is 0. The van der Waals surface area contributed by atoms with Gasteiger partial charge in [0, 0.05) is 16.7 Å². The van der Waals surface area contributed by atoms with Crippen LogP contribution in [0.1, 0.15) is 37.8 Å². The third kappa shape index (κ3) is 7.23. The highest BCUT2D eigenvalue weighted by Gasteiger charge is 2.49. The minimum absolute atomic E-state index is 0.0365. The maximum absolute atomic E-state index is 13.7. The molecule has 1 saturated carbocycles. The number of amides is 3. The smallest absolute Gasteiger partial charge is 0.471 e. The van der Waals surface area contributed by atoms with Crippen LogP contribution in [0.3, 0.4) is 0 Å². The summed E-state index contributed by atoms with van der Waals surface area (Å²) in [5.41, 5.74) is -0.741. The first-order chi connectivity index (χ1) is 21.5. The number of terminal acetylenes is 1. The number of carboxylic acid groups (broad SMARTS) is 1. The molecule has 15 nitrogen and oxygen atoms in total. The summed E-state index contributed by atoms with van der Waals surface area (Å²) < 4.78 is 39.6. The number of fused-ring (bicyclic) bond motifs is 1. The van der Waals surface area contributed by atoms with E-state index in [-0.39, 0.29) is 46.9 Å². The van der Waals surface area contributed by atoms with Crippen LogP contribution in [0.2, 0.25) is 0 Å². The number of carbonyl (C=O) groups is 4. The SMILES string of the molecule is C#CCn1nnnc1SCC1=C(C(=O)O)N2C(=O)CC2SC1NC(=O)/C(=N/OC1CCCC1)c1csc(NC(=O)C(F)(F)F)n1. The summed E-state index contributed by atoms with van der Waals surface area (Å²) in [5.74, 6) is -2.60. The lowest BCUT2D eigenvalue weighted by atomic mass is 10.1. The van der Waals surface area contributed by atoms with Crippen molar-refractivity contribution in [2.45, 2.75) is 66.8 Å². The van der Waals surface area contributed by atoms with Crippen molar-refractivity contribution in [3.05, 3.63) is 22.3 Å². The first-order valence-corrected chi connectivity index (χ1v) is 15.9. The number of β-lactam (4-membered cyclic amide) rings is 1. The second kappa shape index (κ2) is 13.5. The Kier molecular flexibility index (Phi) is 9.64. The van der Waals surface area contributed by atoms with Gasteiger partial charge < -0.3 is 15.3 Å². The molecule has 2 unspecified atom stereocenters. The fraction of sp³-hybridized carbons (Fsp3) is 0.458. The third-order valence-corrected chi connectivity index (χ3v) is 9.79. The fourth-order valence-corrected chi connectivity index (χ4v) is 7.70. The molecule has 1 saturated heterocycles. The summed E-state index contributed by atoms with van der Waals surface area (Å²) in [5, 5.41) is 29.2. The first kappa shape index (κ1) is 32.2. The van der Waals surface area contributed by atoms with Crippen LogP contribution in [0.5, 0.6) is 0 Å². The van der Waals surface area contributed by atoms with Gasteiger partial charge in [-0.05, 0) is 36.1 Å². The molecule has 2 aromatic heterocycles. The minimum Gasteiger partial charge on any atom is -0.477 e. The van der Waals surface area contributed by atoms with Gasteiger partial charge in [0.25, 0.3) is 5.91 Å². The zero-order valence-corrected chi connectivity index (χ0v) is 25.3. The van der Waals surface area contributed by atoms with E-state index in [0.717, 1.165) is 41.3 Å². The average Bonchev–Trinajstić information content (AvgIpc) is 3.75. The number of aliphatic carboxylic acids is 1. The van der Waals surface area contributed by atoms with E-state index < -0.39 is 51.5 Å². The Morgan fingerprint density at radius 1 is 1.29 bits per heavy atom. The van der Waals surface area contributed by atoms with Gasteiger partial charge in [0.2, 0.25) is 11.1 Å². The first-order valence-electron chi connectivity index (χ1n) is 13.1. The molecule has 5 rings (SSSR count). The lowest BCUT2D eigenvalue weighted by Gasteiger charge is -2.46. The van der Waals surface area contributed by atoms with Gasteiger partial charge >= 0.3 is 18.1 Å². The minimum atomic E-state index is -5.16. The number of carboxylic acids is 1. The maximum Gasteiger partial charge on any atom is 0.471 e. The standard InChI is InChI=1S/C24H22F3N9O6S3/c1-2-7-35-23(31-33-34-35)44-9-12-17(20(39)40)36-14(37)8-15(36)45-19(12)29-18(38)16(32-42-11-5-3-4-6-11)13-10-43-22(28-13)30-21(41)24(25,26)27/h1,10-11,15,19H,3-9H2,(H,29,38)(H,39,40)(H,28,30,41)/b32-16+. The number of nitrogens with zero attached hydrogens (tertiary/aromatic N) is 7. The van der Waals surface area contributed by atoms with Crippen LogP contribution < -0.4 is 10.6 Å². The fourth-order valence-electron chi connectivity index (χ4n) is 4.54. The second-order valence-corrected chi connectivity index (χ2v) is 12.7. The molecule has 0 bridgehead atoms. The number of hydrogen-bond donors (Lipinski definition) is 3. The number of thiazole rings is 1. The molecule has 2 aromatic rings. The second-order valence-electron chi connectivity index (χ2n) is 9.64. The van der Waals surface area contributed by atoms with Crippen molar-refractivity contribution in [3.8, 4) is 12.3 Å². The molecule has 21 heteroatoms. The highest BCUT2D eigenvalue weighted by molar-refractivity contribution is 8.01. The topological polar surface area (TPSA) is 194 Å². The normalized spacial score (nSPS) is 20.4. The highest BCUT2D eigenvalue weighted by atomic mass is 32.2. The Bertz CT molecular complexity index is 1610. The predicted octanol–water partition coefficient (Wildman–Crippen LogP) is 1.81. The number of aromatic nitrogens is 5. The van der Waals surface area contributed by atoms with Gasteiger partial charge in [-0.15, -0.1) is 34.6 Å².